The first-order valence-electron chi connectivity index (χ1n) is 2.97. The van der Waals surface area contributed by atoms with E-state index in [9.17, 15) is 22.0 Å². The van der Waals surface area contributed by atoms with E-state index in [1.54, 1.807) is 0 Å². The third-order valence-electron chi connectivity index (χ3n) is 1.20. The van der Waals surface area contributed by atoms with Gasteiger partial charge >= 0.3 is 0 Å². The van der Waals surface area contributed by atoms with E-state index in [1.165, 1.54) is 0 Å². The summed E-state index contributed by atoms with van der Waals surface area (Å²) >= 11 is 0. The molecule has 0 nitrogen and oxygen atoms in total. The predicted molar refractivity (Wildman–Crippen MR) is 30.7 cm³/mol. The molecular weight excluding hydrogens is 167 g/mol. The SMILES string of the molecule is [CH2]CC(F)(F)[C@@H](F)C(F)CF. The molecule has 0 aromatic rings. The maximum Gasteiger partial charge on any atom is 0.281 e. The molecule has 0 spiro atoms. The Kier molecular flexibility index (Phi) is 3.75. The smallest absolute Gasteiger partial charge is 0.248 e. The topological polar surface area (TPSA) is 0 Å². The van der Waals surface area contributed by atoms with Crippen LogP contribution in [0.5, 0.6) is 0 Å². The lowest BCUT2D eigenvalue weighted by Crippen LogP contribution is -2.37. The van der Waals surface area contributed by atoms with Gasteiger partial charge in [0.15, 0.2) is 12.3 Å². The molecule has 67 valence electrons. The highest BCUT2D eigenvalue weighted by Gasteiger charge is 2.43. The summed E-state index contributed by atoms with van der Waals surface area (Å²) in [6, 6.07) is 0. The van der Waals surface area contributed by atoms with Crippen LogP contribution in [-0.2, 0) is 0 Å². The van der Waals surface area contributed by atoms with Gasteiger partial charge in [-0.25, -0.2) is 22.0 Å². The first kappa shape index (κ1) is 10.7. The second-order valence-corrected chi connectivity index (χ2v) is 2.08. The van der Waals surface area contributed by atoms with E-state index < -0.39 is 31.4 Å². The van der Waals surface area contributed by atoms with Crippen LogP contribution in [0, 0.1) is 6.92 Å². The standard InChI is InChI=1S/C6H8F5/c1-2-6(10,11)5(9)4(8)3-7/h4-5H,1-3H2/t4?,5-/m0/s1. The number of halogens is 5. The van der Waals surface area contributed by atoms with E-state index in [4.69, 9.17) is 0 Å². The molecule has 0 aliphatic heterocycles. The molecule has 0 aliphatic carbocycles. The van der Waals surface area contributed by atoms with Gasteiger partial charge in [-0.2, -0.15) is 0 Å². The fourth-order valence-electron chi connectivity index (χ4n) is 0.481. The van der Waals surface area contributed by atoms with Crippen LogP contribution in [0.4, 0.5) is 22.0 Å². The average Bonchev–Trinajstić information content (AvgIpc) is 2.01. The van der Waals surface area contributed by atoms with Crippen molar-refractivity contribution < 1.29 is 22.0 Å². The second-order valence-electron chi connectivity index (χ2n) is 2.08. The lowest BCUT2D eigenvalue weighted by Gasteiger charge is -2.19. The van der Waals surface area contributed by atoms with Crippen molar-refractivity contribution in [1.29, 1.82) is 0 Å². The zero-order valence-electron chi connectivity index (χ0n) is 5.67. The van der Waals surface area contributed by atoms with Gasteiger partial charge in [-0.3, -0.25) is 0 Å². The first-order chi connectivity index (χ1) is 4.95. The average molecular weight is 175 g/mol. The molecule has 0 aromatic heterocycles. The molecule has 0 saturated heterocycles. The summed E-state index contributed by atoms with van der Waals surface area (Å²) in [5.74, 6) is -3.87. The van der Waals surface area contributed by atoms with Crippen LogP contribution in [0.3, 0.4) is 0 Å². The van der Waals surface area contributed by atoms with E-state index >= 15 is 0 Å². The summed E-state index contributed by atoms with van der Waals surface area (Å²) in [5.41, 5.74) is 0. The number of hydrogen-bond donors (Lipinski definition) is 0. The van der Waals surface area contributed by atoms with Crippen LogP contribution in [0.25, 0.3) is 0 Å². The molecule has 5 heteroatoms. The Morgan fingerprint density at radius 2 is 1.73 bits per heavy atom. The van der Waals surface area contributed by atoms with E-state index in [1.807, 2.05) is 0 Å². The fraction of sp³-hybridized carbons (Fsp3) is 0.833. The largest absolute Gasteiger partial charge is 0.281 e. The molecule has 0 amide bonds. The van der Waals surface area contributed by atoms with Crippen LogP contribution in [-0.4, -0.2) is 24.9 Å². The maximum atomic E-state index is 12.2. The highest BCUT2D eigenvalue weighted by molar-refractivity contribution is 4.83. The van der Waals surface area contributed by atoms with E-state index in [0.29, 0.717) is 0 Å². The van der Waals surface area contributed by atoms with E-state index in [-0.39, 0.29) is 0 Å². The van der Waals surface area contributed by atoms with Crippen molar-refractivity contribution in [2.24, 2.45) is 0 Å². The normalized spacial score (nSPS) is 18.0. The first-order valence-corrected chi connectivity index (χ1v) is 2.97. The lowest BCUT2D eigenvalue weighted by atomic mass is 10.1. The van der Waals surface area contributed by atoms with Gasteiger partial charge in [0, 0.05) is 6.42 Å². The third kappa shape index (κ3) is 2.63. The number of hydrogen-bond acceptors (Lipinski definition) is 0. The van der Waals surface area contributed by atoms with Crippen LogP contribution in [0.2, 0.25) is 0 Å². The fourth-order valence-corrected chi connectivity index (χ4v) is 0.481. The molecule has 2 atom stereocenters. The molecule has 0 aromatic carbocycles. The predicted octanol–water partition coefficient (Wildman–Crippen LogP) is 2.49. The van der Waals surface area contributed by atoms with Crippen molar-refractivity contribution in [2.75, 3.05) is 6.67 Å². The van der Waals surface area contributed by atoms with Gasteiger partial charge in [-0.1, -0.05) is 0 Å². The van der Waals surface area contributed by atoms with Crippen LogP contribution >= 0.6 is 0 Å². The highest BCUT2D eigenvalue weighted by Crippen LogP contribution is 2.28. The molecular formula is C6H8F5. The molecule has 0 saturated carbocycles. The summed E-state index contributed by atoms with van der Waals surface area (Å²) < 4.78 is 59.7. The minimum atomic E-state index is -3.87. The van der Waals surface area contributed by atoms with Gasteiger partial charge < -0.3 is 0 Å². The Bertz CT molecular complexity index is 114. The third-order valence-corrected chi connectivity index (χ3v) is 1.20. The summed E-state index contributed by atoms with van der Waals surface area (Å²) in [7, 11) is 0. The number of rotatable bonds is 4. The Labute approximate surface area is 61.4 Å². The second kappa shape index (κ2) is 3.88. The monoisotopic (exact) mass is 175 g/mol. The van der Waals surface area contributed by atoms with Crippen LogP contribution < -0.4 is 0 Å². The van der Waals surface area contributed by atoms with Crippen molar-refractivity contribution in [3.63, 3.8) is 0 Å². The summed E-state index contributed by atoms with van der Waals surface area (Å²) in [5, 5.41) is 0. The van der Waals surface area contributed by atoms with Crippen LogP contribution in [0.15, 0.2) is 0 Å². The summed E-state index contributed by atoms with van der Waals surface area (Å²) in [4.78, 5) is 0. The minimum absolute atomic E-state index is 1.07. The van der Waals surface area contributed by atoms with Gasteiger partial charge in [0.25, 0.3) is 5.92 Å². The molecule has 0 heterocycles. The Balaban J connectivity index is 4.10. The van der Waals surface area contributed by atoms with Gasteiger partial charge in [0.2, 0.25) is 0 Å². The van der Waals surface area contributed by atoms with Gasteiger partial charge in [0.1, 0.15) is 6.67 Å². The van der Waals surface area contributed by atoms with Crippen LogP contribution in [0.1, 0.15) is 6.42 Å². The van der Waals surface area contributed by atoms with Crippen molar-refractivity contribution in [3.8, 4) is 0 Å². The zero-order valence-corrected chi connectivity index (χ0v) is 5.67. The Hall–Kier alpha value is -0.350. The van der Waals surface area contributed by atoms with Gasteiger partial charge in [-0.05, 0) is 6.92 Å². The highest BCUT2D eigenvalue weighted by atomic mass is 19.3. The summed E-state index contributed by atoms with van der Waals surface area (Å²) in [6.45, 7) is 0.977. The van der Waals surface area contributed by atoms with Crippen molar-refractivity contribution in [3.05, 3.63) is 6.92 Å². The van der Waals surface area contributed by atoms with Crippen molar-refractivity contribution in [2.45, 2.75) is 24.7 Å². The lowest BCUT2D eigenvalue weighted by molar-refractivity contribution is -0.0998. The molecule has 0 aliphatic rings. The molecule has 0 N–H and O–H groups in total. The Morgan fingerprint density at radius 3 is 2.00 bits per heavy atom. The van der Waals surface area contributed by atoms with E-state index in [2.05, 4.69) is 6.92 Å². The molecule has 0 fully saturated rings. The molecule has 0 bridgehead atoms. The minimum Gasteiger partial charge on any atom is -0.248 e. The molecule has 1 radical (unpaired) electrons. The quantitative estimate of drug-likeness (QED) is 0.576. The maximum absolute atomic E-state index is 12.2. The van der Waals surface area contributed by atoms with Gasteiger partial charge in [-0.15, -0.1) is 0 Å². The van der Waals surface area contributed by atoms with Gasteiger partial charge in [0.05, 0.1) is 0 Å². The number of alkyl halides is 5. The molecule has 0 rings (SSSR count). The summed E-state index contributed by atoms with van der Waals surface area (Å²) in [6.07, 6.45) is -6.93. The van der Waals surface area contributed by atoms with Crippen molar-refractivity contribution >= 4 is 0 Å². The molecule has 1 unspecified atom stereocenters. The Morgan fingerprint density at radius 1 is 1.27 bits per heavy atom. The van der Waals surface area contributed by atoms with E-state index in [0.717, 1.165) is 0 Å². The van der Waals surface area contributed by atoms with Crippen molar-refractivity contribution in [1.82, 2.24) is 0 Å². The molecule has 11 heavy (non-hydrogen) atoms. The zero-order chi connectivity index (χ0) is 9.07.